The third kappa shape index (κ3) is 7.17. The van der Waals surface area contributed by atoms with Crippen molar-refractivity contribution in [2.24, 2.45) is 0 Å². The van der Waals surface area contributed by atoms with Crippen molar-refractivity contribution in [2.75, 3.05) is 33.5 Å². The van der Waals surface area contributed by atoms with Gasteiger partial charge in [0.15, 0.2) is 6.73 Å². The molecule has 0 atom stereocenters. The van der Waals surface area contributed by atoms with Gasteiger partial charge in [0.2, 0.25) is 0 Å². The van der Waals surface area contributed by atoms with E-state index >= 15 is 0 Å². The molecule has 0 aliphatic carbocycles. The fraction of sp³-hybridized carbons (Fsp3) is 0.900. The van der Waals surface area contributed by atoms with Gasteiger partial charge in [-0.3, -0.25) is 0 Å². The first kappa shape index (κ1) is 16.2. The molecule has 4 nitrogen and oxygen atoms in total. The molecule has 102 valence electrons. The van der Waals surface area contributed by atoms with Crippen LogP contribution in [-0.4, -0.2) is 50.1 Å². The molecule has 1 heterocycles. The molecule has 0 saturated carbocycles. The van der Waals surface area contributed by atoms with Crippen LogP contribution in [0.3, 0.4) is 0 Å². The average molecular weight is 257 g/mol. The zero-order valence-corrected chi connectivity index (χ0v) is 10.0. The number of carboxylic acid groups (broad SMARTS) is 1. The van der Waals surface area contributed by atoms with Crippen LogP contribution in [0.1, 0.15) is 19.8 Å². The van der Waals surface area contributed by atoms with E-state index in [2.05, 4.69) is 14.0 Å². The first-order chi connectivity index (χ1) is 7.71. The van der Waals surface area contributed by atoms with Crippen LogP contribution in [0.15, 0.2) is 0 Å². The molecular formula is C10H18F3NO3. The number of halogens is 3. The molecule has 7 heteroatoms. The van der Waals surface area contributed by atoms with Gasteiger partial charge < -0.3 is 19.1 Å². The van der Waals surface area contributed by atoms with Gasteiger partial charge in [-0.2, -0.15) is 13.2 Å². The average Bonchev–Trinajstić information content (AvgIpc) is 2.62. The highest BCUT2D eigenvalue weighted by atomic mass is 19.4. The lowest BCUT2D eigenvalue weighted by molar-refractivity contribution is -0.916. The molecule has 0 radical (unpaired) electrons. The summed E-state index contributed by atoms with van der Waals surface area (Å²) in [5.74, 6) is -3.01. The SMILES string of the molecule is CCOC[N+]1(C)CCCC1.O=C([O-])C(F)(F)F. The second-order valence-electron chi connectivity index (χ2n) is 4.18. The van der Waals surface area contributed by atoms with Gasteiger partial charge in [-0.05, 0) is 6.92 Å². The van der Waals surface area contributed by atoms with E-state index < -0.39 is 12.1 Å². The van der Waals surface area contributed by atoms with Gasteiger partial charge in [0.25, 0.3) is 0 Å². The van der Waals surface area contributed by atoms with Crippen molar-refractivity contribution in [3.05, 3.63) is 0 Å². The summed E-state index contributed by atoms with van der Waals surface area (Å²) in [6.07, 6.45) is -2.44. The lowest BCUT2D eigenvalue weighted by atomic mass is 10.4. The number of likely N-dealkylation sites (tertiary alicyclic amines) is 1. The van der Waals surface area contributed by atoms with Crippen molar-refractivity contribution < 1.29 is 32.3 Å². The Labute approximate surface area is 98.6 Å². The predicted octanol–water partition coefficient (Wildman–Crippen LogP) is 0.519. The third-order valence-corrected chi connectivity index (χ3v) is 2.48. The summed E-state index contributed by atoms with van der Waals surface area (Å²) in [5.41, 5.74) is 0. The maximum atomic E-state index is 10.5. The van der Waals surface area contributed by atoms with E-state index in [1.807, 2.05) is 0 Å². The fourth-order valence-electron chi connectivity index (χ4n) is 1.54. The van der Waals surface area contributed by atoms with Crippen LogP contribution in [0, 0.1) is 0 Å². The van der Waals surface area contributed by atoms with Crippen LogP contribution < -0.4 is 5.11 Å². The molecule has 17 heavy (non-hydrogen) atoms. The highest BCUT2D eigenvalue weighted by Crippen LogP contribution is 2.15. The monoisotopic (exact) mass is 257 g/mol. The maximum absolute atomic E-state index is 10.5. The van der Waals surface area contributed by atoms with E-state index in [4.69, 9.17) is 14.6 Å². The molecule has 1 rings (SSSR count). The van der Waals surface area contributed by atoms with Crippen molar-refractivity contribution in [1.82, 2.24) is 0 Å². The topological polar surface area (TPSA) is 49.4 Å². The standard InChI is InChI=1S/C8H18NO.C2HF3O2/c1-3-10-8-9(2)6-4-5-7-9;3-2(4,5)1(6)7/h3-8H2,1-2H3;(H,6,7)/q+1;/p-1. The van der Waals surface area contributed by atoms with E-state index in [0.717, 1.165) is 17.8 Å². The van der Waals surface area contributed by atoms with Gasteiger partial charge in [0.1, 0.15) is 5.97 Å². The smallest absolute Gasteiger partial charge is 0.430 e. The van der Waals surface area contributed by atoms with Crippen LogP contribution in [0.2, 0.25) is 0 Å². The summed E-state index contributed by atoms with van der Waals surface area (Å²) >= 11 is 0. The van der Waals surface area contributed by atoms with Crippen molar-refractivity contribution in [2.45, 2.75) is 25.9 Å². The Morgan fingerprint density at radius 2 is 1.76 bits per heavy atom. The minimum Gasteiger partial charge on any atom is -0.542 e. The number of carbonyl (C=O) groups excluding carboxylic acids is 1. The van der Waals surface area contributed by atoms with E-state index in [0.29, 0.717) is 0 Å². The normalized spacial score (nSPS) is 18.4. The minimum absolute atomic E-state index is 0.855. The molecule has 0 N–H and O–H groups in total. The van der Waals surface area contributed by atoms with Crippen LogP contribution >= 0.6 is 0 Å². The van der Waals surface area contributed by atoms with E-state index in [9.17, 15) is 13.2 Å². The zero-order chi connectivity index (χ0) is 13.5. The van der Waals surface area contributed by atoms with Crippen molar-refractivity contribution in [3.63, 3.8) is 0 Å². The van der Waals surface area contributed by atoms with Crippen LogP contribution in [0.25, 0.3) is 0 Å². The molecule has 0 aromatic heterocycles. The molecule has 0 amide bonds. The van der Waals surface area contributed by atoms with Crippen molar-refractivity contribution >= 4 is 5.97 Å². The molecular weight excluding hydrogens is 239 g/mol. The number of aliphatic carboxylic acids is 1. The summed E-state index contributed by atoms with van der Waals surface area (Å²) < 4.78 is 38.1. The van der Waals surface area contributed by atoms with Crippen LogP contribution in [0.5, 0.6) is 0 Å². The lowest BCUT2D eigenvalue weighted by Crippen LogP contribution is -2.42. The number of hydrogen-bond donors (Lipinski definition) is 0. The Hall–Kier alpha value is -0.820. The molecule has 1 fully saturated rings. The minimum atomic E-state index is -5.19. The quantitative estimate of drug-likeness (QED) is 0.693. The van der Waals surface area contributed by atoms with Gasteiger partial charge in [-0.25, -0.2) is 0 Å². The second kappa shape index (κ2) is 6.80. The van der Waals surface area contributed by atoms with Crippen molar-refractivity contribution in [3.8, 4) is 0 Å². The number of carboxylic acids is 1. The second-order valence-corrected chi connectivity index (χ2v) is 4.18. The van der Waals surface area contributed by atoms with E-state index in [1.54, 1.807) is 0 Å². The molecule has 0 unspecified atom stereocenters. The highest BCUT2D eigenvalue weighted by molar-refractivity contribution is 5.70. The first-order valence-electron chi connectivity index (χ1n) is 5.41. The predicted molar refractivity (Wildman–Crippen MR) is 52.7 cm³/mol. The van der Waals surface area contributed by atoms with Crippen LogP contribution in [0.4, 0.5) is 13.2 Å². The molecule has 0 aromatic carbocycles. The van der Waals surface area contributed by atoms with Gasteiger partial charge >= 0.3 is 6.18 Å². The number of nitrogens with zero attached hydrogens (tertiary/aromatic N) is 1. The Balaban J connectivity index is 0.000000325. The summed E-state index contributed by atoms with van der Waals surface area (Å²) in [6, 6.07) is 0. The molecule has 1 aliphatic rings. The number of ether oxygens (including phenoxy) is 1. The molecule has 0 bridgehead atoms. The summed E-state index contributed by atoms with van der Waals surface area (Å²) in [7, 11) is 2.28. The van der Waals surface area contributed by atoms with Gasteiger partial charge in [-0.1, -0.05) is 0 Å². The molecule has 1 aliphatic heterocycles. The first-order valence-corrected chi connectivity index (χ1v) is 5.41. The Kier molecular flexibility index (Phi) is 6.48. The number of rotatable bonds is 3. The summed E-state index contributed by atoms with van der Waals surface area (Å²) in [6.45, 7) is 6.44. The largest absolute Gasteiger partial charge is 0.542 e. The lowest BCUT2D eigenvalue weighted by Gasteiger charge is -2.27. The number of hydrogen-bond acceptors (Lipinski definition) is 3. The zero-order valence-electron chi connectivity index (χ0n) is 10.0. The van der Waals surface area contributed by atoms with E-state index in [-0.39, 0.29) is 0 Å². The van der Waals surface area contributed by atoms with Gasteiger partial charge in [0.05, 0.1) is 20.1 Å². The highest BCUT2D eigenvalue weighted by Gasteiger charge is 2.28. The fourth-order valence-corrected chi connectivity index (χ4v) is 1.54. The molecule has 0 aromatic rings. The molecule has 1 saturated heterocycles. The van der Waals surface area contributed by atoms with E-state index in [1.165, 1.54) is 25.9 Å². The number of quaternary nitrogens is 1. The van der Waals surface area contributed by atoms with Gasteiger partial charge in [0, 0.05) is 19.4 Å². The Bertz CT molecular complexity index is 237. The summed E-state index contributed by atoms with van der Waals surface area (Å²) in [5, 5.41) is 8.78. The third-order valence-electron chi connectivity index (χ3n) is 2.48. The number of carbonyl (C=O) groups is 1. The molecule has 0 spiro atoms. The Morgan fingerprint density at radius 1 is 1.35 bits per heavy atom. The van der Waals surface area contributed by atoms with Crippen molar-refractivity contribution in [1.29, 1.82) is 0 Å². The van der Waals surface area contributed by atoms with Crippen LogP contribution in [-0.2, 0) is 9.53 Å². The summed E-state index contributed by atoms with van der Waals surface area (Å²) in [4.78, 5) is 8.78. The number of alkyl halides is 3. The Morgan fingerprint density at radius 3 is 2.06 bits per heavy atom. The maximum Gasteiger partial charge on any atom is 0.430 e. The van der Waals surface area contributed by atoms with Gasteiger partial charge in [-0.15, -0.1) is 0 Å².